The van der Waals surface area contributed by atoms with Crippen molar-refractivity contribution in [2.45, 2.75) is 6.92 Å². The Morgan fingerprint density at radius 1 is 0.414 bits per heavy atom. The fourth-order valence-corrected chi connectivity index (χ4v) is 8.81. The molecule has 0 aliphatic carbocycles. The summed E-state index contributed by atoms with van der Waals surface area (Å²) < 4.78 is 0. The summed E-state index contributed by atoms with van der Waals surface area (Å²) in [4.78, 5) is 2.52. The molecule has 1 N–H and O–H groups in total. The summed E-state index contributed by atoms with van der Waals surface area (Å²) in [6.07, 6.45) is 0. The summed E-state index contributed by atoms with van der Waals surface area (Å²) in [5.41, 5.74) is 16.4. The second-order valence-corrected chi connectivity index (χ2v) is 15.3. The van der Waals surface area contributed by atoms with Gasteiger partial charge < -0.3 is 10.2 Å². The Morgan fingerprint density at radius 2 is 0.948 bits per heavy atom. The van der Waals surface area contributed by atoms with E-state index in [-0.39, 0.29) is 0 Å². The van der Waals surface area contributed by atoms with E-state index in [4.69, 9.17) is 0 Å². The molecule has 11 rings (SSSR count). The van der Waals surface area contributed by atoms with Crippen molar-refractivity contribution in [3.05, 3.63) is 212 Å². The highest BCUT2D eigenvalue weighted by Crippen LogP contribution is 2.45. The molecule has 1 aliphatic rings. The van der Waals surface area contributed by atoms with E-state index < -0.39 is 0 Å². The molecule has 0 saturated carbocycles. The molecule has 1 aliphatic heterocycles. The minimum absolute atomic E-state index is 1.04. The molecule has 1 heterocycles. The molecule has 271 valence electrons. The van der Waals surface area contributed by atoms with Crippen molar-refractivity contribution in [1.29, 1.82) is 0 Å². The van der Waals surface area contributed by atoms with Crippen LogP contribution in [-0.4, -0.2) is 7.28 Å². The molecule has 0 bridgehead atoms. The van der Waals surface area contributed by atoms with Crippen molar-refractivity contribution in [2.75, 3.05) is 10.2 Å². The van der Waals surface area contributed by atoms with Crippen LogP contribution < -0.4 is 21.1 Å². The second-order valence-electron chi connectivity index (χ2n) is 15.3. The SMILES string of the molecule is Cc1ccc(-c2ccccc2)cc1N1c2cc3ccccc3cc2[B]c2c1cc1ccccc1c2-c1cc2ccccc2cc1Nc1ccc(-c2ccccc2)cc1. The van der Waals surface area contributed by atoms with Crippen molar-refractivity contribution in [3.63, 3.8) is 0 Å². The van der Waals surface area contributed by atoms with Crippen molar-refractivity contribution in [2.24, 2.45) is 0 Å². The number of hydrogen-bond donors (Lipinski definition) is 1. The van der Waals surface area contributed by atoms with E-state index in [1.807, 2.05) is 0 Å². The number of aryl methyl sites for hydroxylation is 1. The van der Waals surface area contributed by atoms with Gasteiger partial charge in [0.25, 0.3) is 0 Å². The molecular formula is C55H38BN2. The highest BCUT2D eigenvalue weighted by atomic mass is 15.2. The molecule has 0 atom stereocenters. The van der Waals surface area contributed by atoms with Gasteiger partial charge in [-0.25, -0.2) is 0 Å². The zero-order valence-electron chi connectivity index (χ0n) is 32.2. The molecule has 0 amide bonds. The third-order valence-corrected chi connectivity index (χ3v) is 11.7. The predicted molar refractivity (Wildman–Crippen MR) is 249 cm³/mol. The number of hydrogen-bond acceptors (Lipinski definition) is 2. The smallest absolute Gasteiger partial charge is 0.197 e. The molecule has 3 heteroatoms. The summed E-state index contributed by atoms with van der Waals surface area (Å²) >= 11 is 0. The highest BCUT2D eigenvalue weighted by Gasteiger charge is 2.31. The number of benzene rings is 10. The van der Waals surface area contributed by atoms with Crippen LogP contribution in [0.15, 0.2) is 206 Å². The molecule has 58 heavy (non-hydrogen) atoms. The van der Waals surface area contributed by atoms with Gasteiger partial charge in [-0.1, -0.05) is 169 Å². The van der Waals surface area contributed by atoms with Crippen molar-refractivity contribution < 1.29 is 0 Å². The first-order chi connectivity index (χ1) is 28.6. The van der Waals surface area contributed by atoms with E-state index in [1.165, 1.54) is 88.0 Å². The van der Waals surface area contributed by atoms with Crippen LogP contribution in [0.5, 0.6) is 0 Å². The van der Waals surface area contributed by atoms with Crippen LogP contribution in [0.4, 0.5) is 28.4 Å². The summed E-state index contributed by atoms with van der Waals surface area (Å²) in [6, 6.07) is 75.1. The Morgan fingerprint density at radius 3 is 1.66 bits per heavy atom. The highest BCUT2D eigenvalue weighted by molar-refractivity contribution is 6.74. The zero-order chi connectivity index (χ0) is 38.6. The molecule has 10 aromatic carbocycles. The van der Waals surface area contributed by atoms with E-state index in [0.29, 0.717) is 0 Å². The lowest BCUT2D eigenvalue weighted by molar-refractivity contribution is 1.27. The van der Waals surface area contributed by atoms with Crippen LogP contribution in [0, 0.1) is 6.92 Å². The molecule has 0 fully saturated rings. The summed E-state index contributed by atoms with van der Waals surface area (Å²) in [6.45, 7) is 2.24. The minimum Gasteiger partial charge on any atom is -0.355 e. The number of nitrogens with one attached hydrogen (secondary N) is 1. The van der Waals surface area contributed by atoms with Gasteiger partial charge in [0.1, 0.15) is 0 Å². The Bertz CT molecular complexity index is 3170. The fourth-order valence-electron chi connectivity index (χ4n) is 8.81. The molecule has 0 spiro atoms. The van der Waals surface area contributed by atoms with E-state index in [9.17, 15) is 0 Å². The normalized spacial score (nSPS) is 12.0. The van der Waals surface area contributed by atoms with E-state index in [1.54, 1.807) is 0 Å². The fraction of sp³-hybridized carbons (Fsp3) is 0.0182. The average Bonchev–Trinajstić information content (AvgIpc) is 3.28. The first kappa shape index (κ1) is 33.9. The van der Waals surface area contributed by atoms with E-state index in [0.717, 1.165) is 22.6 Å². The van der Waals surface area contributed by atoms with Crippen LogP contribution in [0.2, 0.25) is 0 Å². The topological polar surface area (TPSA) is 15.3 Å². The van der Waals surface area contributed by atoms with Crippen LogP contribution in [0.1, 0.15) is 5.56 Å². The van der Waals surface area contributed by atoms with Gasteiger partial charge in [-0.05, 0) is 121 Å². The molecule has 1 radical (unpaired) electrons. The first-order valence-electron chi connectivity index (χ1n) is 20.0. The minimum atomic E-state index is 1.04. The average molecular weight is 738 g/mol. The molecule has 10 aromatic rings. The quantitative estimate of drug-likeness (QED) is 0.171. The van der Waals surface area contributed by atoms with Crippen molar-refractivity contribution in [3.8, 4) is 33.4 Å². The van der Waals surface area contributed by atoms with Crippen molar-refractivity contribution in [1.82, 2.24) is 0 Å². The number of nitrogens with zero attached hydrogens (tertiary/aromatic N) is 1. The lowest BCUT2D eigenvalue weighted by atomic mass is 9.57. The number of rotatable bonds is 6. The maximum Gasteiger partial charge on any atom is 0.197 e. The molecule has 0 unspecified atom stereocenters. The van der Waals surface area contributed by atoms with Crippen LogP contribution >= 0.6 is 0 Å². The predicted octanol–water partition coefficient (Wildman–Crippen LogP) is 13.6. The Kier molecular flexibility index (Phi) is 8.18. The summed E-state index contributed by atoms with van der Waals surface area (Å²) in [5.74, 6) is 0. The van der Waals surface area contributed by atoms with Crippen LogP contribution in [-0.2, 0) is 0 Å². The lowest BCUT2D eigenvalue weighted by Crippen LogP contribution is -2.41. The summed E-state index contributed by atoms with van der Waals surface area (Å²) in [5, 5.41) is 11.2. The largest absolute Gasteiger partial charge is 0.355 e. The van der Waals surface area contributed by atoms with Crippen LogP contribution in [0.25, 0.3) is 65.7 Å². The molecular weight excluding hydrogens is 699 g/mol. The maximum atomic E-state index is 3.91. The van der Waals surface area contributed by atoms with Gasteiger partial charge >= 0.3 is 0 Å². The van der Waals surface area contributed by atoms with Crippen molar-refractivity contribution >= 4 is 79.0 Å². The van der Waals surface area contributed by atoms with Gasteiger partial charge in [-0.3, -0.25) is 0 Å². The monoisotopic (exact) mass is 737 g/mol. The molecule has 0 aromatic heterocycles. The third kappa shape index (κ3) is 5.91. The van der Waals surface area contributed by atoms with Gasteiger partial charge in [0.05, 0.1) is 0 Å². The maximum absolute atomic E-state index is 3.91. The van der Waals surface area contributed by atoms with Gasteiger partial charge in [-0.2, -0.15) is 0 Å². The summed E-state index contributed by atoms with van der Waals surface area (Å²) in [7, 11) is 2.43. The second kappa shape index (κ2) is 14.0. The van der Waals surface area contributed by atoms with Gasteiger partial charge in [-0.15, -0.1) is 0 Å². The van der Waals surface area contributed by atoms with Gasteiger partial charge in [0.2, 0.25) is 0 Å². The number of fused-ring (bicyclic) bond motifs is 5. The Hall–Kier alpha value is -7.36. The first-order valence-corrected chi connectivity index (χ1v) is 20.0. The van der Waals surface area contributed by atoms with Gasteiger partial charge in [0, 0.05) is 34.0 Å². The van der Waals surface area contributed by atoms with E-state index in [2.05, 4.69) is 231 Å². The standard InChI is InChI=1S/C55H38BN2/c1-36-24-25-44(38-16-6-3-7-17-38)33-51(36)58-52-34-43-21-11-9-19-41(43)31-49(52)56-55-53(58)35-45-22-12-13-23-47(45)54(55)48-30-40-18-8-10-20-42(40)32-50(48)57-46-28-26-39(27-29-46)37-14-4-2-5-15-37/h2-35,57H,1H3. The van der Waals surface area contributed by atoms with Crippen LogP contribution in [0.3, 0.4) is 0 Å². The molecule has 0 saturated heterocycles. The number of anilines is 5. The van der Waals surface area contributed by atoms with Gasteiger partial charge in [0.15, 0.2) is 7.28 Å². The molecule has 2 nitrogen and oxygen atoms in total. The Labute approximate surface area is 339 Å². The lowest BCUT2D eigenvalue weighted by Gasteiger charge is -2.37. The zero-order valence-corrected chi connectivity index (χ0v) is 32.2. The Balaban J connectivity index is 1.17. The van der Waals surface area contributed by atoms with E-state index >= 15 is 0 Å². The third-order valence-electron chi connectivity index (χ3n) is 11.7.